The van der Waals surface area contributed by atoms with Crippen molar-refractivity contribution in [2.24, 2.45) is 5.92 Å². The van der Waals surface area contributed by atoms with Crippen LogP contribution in [-0.4, -0.2) is 52.6 Å². The number of rotatable bonds is 9. The van der Waals surface area contributed by atoms with Gasteiger partial charge < -0.3 is 19.5 Å². The lowest BCUT2D eigenvalue weighted by Gasteiger charge is -2.25. The summed E-state index contributed by atoms with van der Waals surface area (Å²) in [4.78, 5) is 11.3. The van der Waals surface area contributed by atoms with Crippen LogP contribution in [-0.2, 0) is 19.0 Å². The Morgan fingerprint density at radius 3 is 2.69 bits per heavy atom. The third kappa shape index (κ3) is 6.05. The van der Waals surface area contributed by atoms with Gasteiger partial charge in [0.2, 0.25) is 0 Å². The summed E-state index contributed by atoms with van der Waals surface area (Å²) in [6.45, 7) is 4.14. The standard InChI is InChI=1S/C11H21NO4/c1-14-5-6-15-3-2-4-16-11(13)7-10-8-12-9-10/h10,12H,2-9H2,1H3. The summed E-state index contributed by atoms with van der Waals surface area (Å²) in [7, 11) is 1.64. The third-order valence-electron chi connectivity index (χ3n) is 2.45. The molecule has 0 aliphatic carbocycles. The minimum atomic E-state index is -0.0941. The molecule has 0 bridgehead atoms. The fraction of sp³-hybridized carbons (Fsp3) is 0.909. The molecule has 1 fully saturated rings. The van der Waals surface area contributed by atoms with Gasteiger partial charge in [-0.15, -0.1) is 0 Å². The summed E-state index contributed by atoms with van der Waals surface area (Å²) < 4.78 is 15.2. The van der Waals surface area contributed by atoms with E-state index in [1.807, 2.05) is 0 Å². The number of ether oxygens (including phenoxy) is 3. The number of nitrogens with one attached hydrogen (secondary N) is 1. The van der Waals surface area contributed by atoms with E-state index < -0.39 is 0 Å². The molecule has 0 aromatic heterocycles. The minimum Gasteiger partial charge on any atom is -0.466 e. The topological polar surface area (TPSA) is 56.8 Å². The molecular formula is C11H21NO4. The van der Waals surface area contributed by atoms with Crippen LogP contribution in [0, 0.1) is 5.92 Å². The van der Waals surface area contributed by atoms with Gasteiger partial charge in [0, 0.05) is 20.1 Å². The zero-order valence-corrected chi connectivity index (χ0v) is 9.87. The van der Waals surface area contributed by atoms with Gasteiger partial charge in [0.25, 0.3) is 0 Å². The van der Waals surface area contributed by atoms with Crippen molar-refractivity contribution in [3.8, 4) is 0 Å². The van der Waals surface area contributed by atoms with Crippen molar-refractivity contribution in [2.45, 2.75) is 12.8 Å². The molecule has 5 heteroatoms. The summed E-state index contributed by atoms with van der Waals surface area (Å²) in [5.41, 5.74) is 0. The van der Waals surface area contributed by atoms with Crippen molar-refractivity contribution in [2.75, 3.05) is 46.6 Å². The zero-order chi connectivity index (χ0) is 11.6. The molecule has 1 heterocycles. The molecule has 0 spiro atoms. The first-order chi connectivity index (χ1) is 7.83. The molecule has 1 saturated heterocycles. The number of hydrogen-bond acceptors (Lipinski definition) is 5. The van der Waals surface area contributed by atoms with Crippen LogP contribution >= 0.6 is 0 Å². The van der Waals surface area contributed by atoms with Gasteiger partial charge in [-0.1, -0.05) is 0 Å². The maximum atomic E-state index is 11.3. The third-order valence-corrected chi connectivity index (χ3v) is 2.45. The number of methoxy groups -OCH3 is 1. The van der Waals surface area contributed by atoms with E-state index in [-0.39, 0.29) is 5.97 Å². The Morgan fingerprint density at radius 1 is 1.25 bits per heavy atom. The summed E-state index contributed by atoms with van der Waals surface area (Å²) in [5.74, 6) is 0.383. The Bertz CT molecular complexity index is 194. The fourth-order valence-electron chi connectivity index (χ4n) is 1.38. The molecule has 0 unspecified atom stereocenters. The number of hydrogen-bond donors (Lipinski definition) is 1. The van der Waals surface area contributed by atoms with E-state index in [2.05, 4.69) is 5.32 Å². The highest BCUT2D eigenvalue weighted by atomic mass is 16.5. The minimum absolute atomic E-state index is 0.0941. The molecular weight excluding hydrogens is 210 g/mol. The molecule has 0 radical (unpaired) electrons. The van der Waals surface area contributed by atoms with Crippen LogP contribution in [0.3, 0.4) is 0 Å². The molecule has 0 amide bonds. The Balaban J connectivity index is 1.80. The zero-order valence-electron chi connectivity index (χ0n) is 9.87. The van der Waals surface area contributed by atoms with Crippen LogP contribution in [0.1, 0.15) is 12.8 Å². The van der Waals surface area contributed by atoms with Gasteiger partial charge in [-0.25, -0.2) is 0 Å². The second kappa shape index (κ2) is 8.50. The normalized spacial score (nSPS) is 15.8. The van der Waals surface area contributed by atoms with Crippen LogP contribution in [0.25, 0.3) is 0 Å². The van der Waals surface area contributed by atoms with Crippen LogP contribution in [0.4, 0.5) is 0 Å². The Labute approximate surface area is 96.4 Å². The van der Waals surface area contributed by atoms with Crippen molar-refractivity contribution in [1.29, 1.82) is 0 Å². The van der Waals surface area contributed by atoms with E-state index in [9.17, 15) is 4.79 Å². The maximum Gasteiger partial charge on any atom is 0.306 e. The SMILES string of the molecule is COCCOCCCOC(=O)CC1CNC1. The second-order valence-corrected chi connectivity index (χ2v) is 3.91. The van der Waals surface area contributed by atoms with Gasteiger partial charge in [0.15, 0.2) is 0 Å². The highest BCUT2D eigenvalue weighted by molar-refractivity contribution is 5.69. The molecule has 1 aliphatic rings. The van der Waals surface area contributed by atoms with Crippen molar-refractivity contribution in [3.63, 3.8) is 0 Å². The summed E-state index contributed by atoms with van der Waals surface area (Å²) in [6.07, 6.45) is 1.29. The molecule has 0 atom stereocenters. The molecule has 0 saturated carbocycles. The predicted molar refractivity (Wildman–Crippen MR) is 59.2 cm³/mol. The van der Waals surface area contributed by atoms with Crippen molar-refractivity contribution >= 4 is 5.97 Å². The van der Waals surface area contributed by atoms with Gasteiger partial charge in [-0.2, -0.15) is 0 Å². The average Bonchev–Trinajstić information content (AvgIpc) is 2.22. The highest BCUT2D eigenvalue weighted by Gasteiger charge is 2.20. The first kappa shape index (κ1) is 13.4. The van der Waals surface area contributed by atoms with Crippen LogP contribution in [0.15, 0.2) is 0 Å². The van der Waals surface area contributed by atoms with E-state index in [0.717, 1.165) is 19.5 Å². The first-order valence-electron chi connectivity index (χ1n) is 5.76. The molecule has 1 rings (SSSR count). The predicted octanol–water partition coefficient (Wildman–Crippen LogP) is 0.192. The van der Waals surface area contributed by atoms with Gasteiger partial charge in [-0.3, -0.25) is 4.79 Å². The molecule has 5 nitrogen and oxygen atoms in total. The lowest BCUT2D eigenvalue weighted by molar-refractivity contribution is -0.145. The number of carbonyl (C=O) groups excluding carboxylic acids is 1. The highest BCUT2D eigenvalue weighted by Crippen LogP contribution is 2.08. The molecule has 1 N–H and O–H groups in total. The van der Waals surface area contributed by atoms with Gasteiger partial charge in [0.05, 0.1) is 26.2 Å². The smallest absolute Gasteiger partial charge is 0.306 e. The molecule has 0 aromatic rings. The summed E-state index contributed by atoms with van der Waals surface area (Å²) in [6, 6.07) is 0. The van der Waals surface area contributed by atoms with Crippen molar-refractivity contribution < 1.29 is 19.0 Å². The molecule has 0 aromatic carbocycles. The molecule has 94 valence electrons. The second-order valence-electron chi connectivity index (χ2n) is 3.91. The van der Waals surface area contributed by atoms with Crippen LogP contribution in [0.2, 0.25) is 0 Å². The first-order valence-corrected chi connectivity index (χ1v) is 5.76. The van der Waals surface area contributed by atoms with Gasteiger partial charge in [-0.05, 0) is 19.0 Å². The van der Waals surface area contributed by atoms with E-state index in [0.29, 0.717) is 38.8 Å². The van der Waals surface area contributed by atoms with Gasteiger partial charge >= 0.3 is 5.97 Å². The average molecular weight is 231 g/mol. The largest absolute Gasteiger partial charge is 0.466 e. The maximum absolute atomic E-state index is 11.3. The van der Waals surface area contributed by atoms with Gasteiger partial charge in [0.1, 0.15) is 0 Å². The van der Waals surface area contributed by atoms with Crippen LogP contribution < -0.4 is 5.32 Å². The van der Waals surface area contributed by atoms with Crippen LogP contribution in [0.5, 0.6) is 0 Å². The van der Waals surface area contributed by atoms with E-state index in [4.69, 9.17) is 14.2 Å². The molecule has 1 aliphatic heterocycles. The monoisotopic (exact) mass is 231 g/mol. The Kier molecular flexibility index (Phi) is 7.12. The van der Waals surface area contributed by atoms with Crippen molar-refractivity contribution in [1.82, 2.24) is 5.32 Å². The van der Waals surface area contributed by atoms with E-state index in [1.165, 1.54) is 0 Å². The van der Waals surface area contributed by atoms with E-state index in [1.54, 1.807) is 7.11 Å². The Hall–Kier alpha value is -0.650. The molecule has 16 heavy (non-hydrogen) atoms. The fourth-order valence-corrected chi connectivity index (χ4v) is 1.38. The van der Waals surface area contributed by atoms with Crippen molar-refractivity contribution in [3.05, 3.63) is 0 Å². The summed E-state index contributed by atoms with van der Waals surface area (Å²) >= 11 is 0. The number of carbonyl (C=O) groups is 1. The lowest BCUT2D eigenvalue weighted by Crippen LogP contribution is -2.43. The quantitative estimate of drug-likeness (QED) is 0.453. The summed E-state index contributed by atoms with van der Waals surface area (Å²) in [5, 5.41) is 3.12. The van der Waals surface area contributed by atoms with E-state index >= 15 is 0 Å². The lowest BCUT2D eigenvalue weighted by atomic mass is 10.00. The number of esters is 1. The Morgan fingerprint density at radius 2 is 2.06 bits per heavy atom.